The standard InChI is InChI=1S/C27H29FN4O5S/c1-37-24-11-8-19(16-22(24)29)27(34)32(21-6-4-3-5-7-21)18-26(33)31-14-12-30(13-15-31)23-10-9-20(28)17-25(23)38(2,35)36/h3-11,16-17H,12-15,18,29H2,1-2H3. The number of amides is 2. The number of ether oxygens (including phenoxy) is 1. The summed E-state index contributed by atoms with van der Waals surface area (Å²) in [6, 6.07) is 17.3. The molecule has 0 unspecified atom stereocenters. The molecular weight excluding hydrogens is 511 g/mol. The highest BCUT2D eigenvalue weighted by Gasteiger charge is 2.28. The van der Waals surface area contributed by atoms with Crippen LogP contribution in [-0.2, 0) is 14.6 Å². The summed E-state index contributed by atoms with van der Waals surface area (Å²) in [5, 5.41) is 0. The average Bonchev–Trinajstić information content (AvgIpc) is 2.91. The van der Waals surface area contributed by atoms with Gasteiger partial charge in [0.05, 0.1) is 23.4 Å². The Kier molecular flexibility index (Phi) is 7.86. The van der Waals surface area contributed by atoms with Gasteiger partial charge in [0.25, 0.3) is 5.91 Å². The summed E-state index contributed by atoms with van der Waals surface area (Å²) in [7, 11) is -2.16. The van der Waals surface area contributed by atoms with E-state index < -0.39 is 15.7 Å². The molecule has 0 spiro atoms. The lowest BCUT2D eigenvalue weighted by atomic mass is 10.1. The number of sulfone groups is 1. The van der Waals surface area contributed by atoms with Gasteiger partial charge >= 0.3 is 0 Å². The number of hydrogen-bond donors (Lipinski definition) is 1. The molecule has 1 aliphatic rings. The van der Waals surface area contributed by atoms with Gasteiger partial charge in [-0.2, -0.15) is 0 Å². The maximum atomic E-state index is 13.7. The Labute approximate surface area is 221 Å². The second-order valence-corrected chi connectivity index (χ2v) is 10.9. The molecule has 2 N–H and O–H groups in total. The van der Waals surface area contributed by atoms with Crippen molar-refractivity contribution in [2.45, 2.75) is 4.90 Å². The van der Waals surface area contributed by atoms with E-state index in [4.69, 9.17) is 10.5 Å². The Balaban J connectivity index is 1.50. The van der Waals surface area contributed by atoms with Crippen LogP contribution in [-0.4, -0.2) is 71.2 Å². The van der Waals surface area contributed by atoms with Gasteiger partial charge in [0, 0.05) is 43.7 Å². The number of para-hydroxylation sites is 1. The van der Waals surface area contributed by atoms with Gasteiger partial charge in [-0.1, -0.05) is 18.2 Å². The number of rotatable bonds is 7. The smallest absolute Gasteiger partial charge is 0.258 e. The van der Waals surface area contributed by atoms with E-state index in [0.29, 0.717) is 54.6 Å². The van der Waals surface area contributed by atoms with Crippen LogP contribution >= 0.6 is 0 Å². The molecule has 0 radical (unpaired) electrons. The third-order valence-electron chi connectivity index (χ3n) is 6.38. The van der Waals surface area contributed by atoms with Crippen molar-refractivity contribution in [3.63, 3.8) is 0 Å². The van der Waals surface area contributed by atoms with Crippen LogP contribution in [0.3, 0.4) is 0 Å². The van der Waals surface area contributed by atoms with Crippen molar-refractivity contribution in [3.05, 3.63) is 78.1 Å². The van der Waals surface area contributed by atoms with Gasteiger partial charge in [0.15, 0.2) is 9.84 Å². The Hall–Kier alpha value is -4.12. The van der Waals surface area contributed by atoms with E-state index >= 15 is 0 Å². The van der Waals surface area contributed by atoms with Crippen molar-refractivity contribution in [2.75, 3.05) is 61.6 Å². The number of carbonyl (C=O) groups excluding carboxylic acids is 2. The van der Waals surface area contributed by atoms with E-state index in [9.17, 15) is 22.4 Å². The summed E-state index contributed by atoms with van der Waals surface area (Å²) in [4.78, 5) is 31.6. The zero-order chi connectivity index (χ0) is 27.4. The highest BCUT2D eigenvalue weighted by Crippen LogP contribution is 2.28. The first-order valence-corrected chi connectivity index (χ1v) is 13.8. The highest BCUT2D eigenvalue weighted by molar-refractivity contribution is 7.90. The fourth-order valence-electron chi connectivity index (χ4n) is 4.39. The number of methoxy groups -OCH3 is 1. The second-order valence-electron chi connectivity index (χ2n) is 8.94. The first kappa shape index (κ1) is 26.9. The van der Waals surface area contributed by atoms with Gasteiger partial charge in [-0.25, -0.2) is 12.8 Å². The van der Waals surface area contributed by atoms with E-state index in [0.717, 1.165) is 12.3 Å². The van der Waals surface area contributed by atoms with Crippen molar-refractivity contribution < 1.29 is 27.1 Å². The average molecular weight is 541 g/mol. The molecule has 1 saturated heterocycles. The summed E-state index contributed by atoms with van der Waals surface area (Å²) in [6.07, 6.45) is 1.04. The first-order valence-electron chi connectivity index (χ1n) is 11.9. The van der Waals surface area contributed by atoms with Gasteiger partial charge in [-0.3, -0.25) is 14.5 Å². The second kappa shape index (κ2) is 11.1. The summed E-state index contributed by atoms with van der Waals surface area (Å²) in [6.45, 7) is 1.14. The lowest BCUT2D eigenvalue weighted by molar-refractivity contribution is -0.129. The SMILES string of the molecule is COc1ccc(C(=O)N(CC(=O)N2CCN(c3ccc(F)cc3S(C)(=O)=O)CC2)c2ccccc2)cc1N. The van der Waals surface area contributed by atoms with Crippen molar-refractivity contribution >= 4 is 38.7 Å². The first-order chi connectivity index (χ1) is 18.1. The molecule has 4 rings (SSSR count). The van der Waals surface area contributed by atoms with Crippen molar-refractivity contribution in [2.24, 2.45) is 0 Å². The van der Waals surface area contributed by atoms with E-state index in [-0.39, 0.29) is 23.3 Å². The molecule has 11 heteroatoms. The monoisotopic (exact) mass is 540 g/mol. The normalized spacial score (nSPS) is 13.8. The zero-order valence-electron chi connectivity index (χ0n) is 21.1. The van der Waals surface area contributed by atoms with Gasteiger partial charge in [0.1, 0.15) is 18.1 Å². The largest absolute Gasteiger partial charge is 0.495 e. The van der Waals surface area contributed by atoms with E-state index in [1.165, 1.54) is 30.2 Å². The number of benzene rings is 3. The molecule has 0 aliphatic carbocycles. The third-order valence-corrected chi connectivity index (χ3v) is 7.50. The molecule has 0 aromatic heterocycles. The summed E-state index contributed by atoms with van der Waals surface area (Å²) >= 11 is 0. The molecule has 0 saturated carbocycles. The van der Waals surface area contributed by atoms with Crippen LogP contribution in [0.25, 0.3) is 0 Å². The van der Waals surface area contributed by atoms with Crippen LogP contribution in [0.15, 0.2) is 71.6 Å². The lowest BCUT2D eigenvalue weighted by Crippen LogP contribution is -2.52. The van der Waals surface area contributed by atoms with E-state index in [2.05, 4.69) is 0 Å². The molecule has 200 valence electrons. The fraction of sp³-hybridized carbons (Fsp3) is 0.259. The topological polar surface area (TPSA) is 113 Å². The van der Waals surface area contributed by atoms with Gasteiger partial charge in [0.2, 0.25) is 5.91 Å². The number of nitrogen functional groups attached to an aromatic ring is 1. The van der Waals surface area contributed by atoms with Gasteiger partial charge in [-0.05, 0) is 48.5 Å². The molecular formula is C27H29FN4O5S. The third kappa shape index (κ3) is 5.88. The predicted octanol–water partition coefficient (Wildman–Crippen LogP) is 2.82. The molecule has 0 atom stereocenters. The molecule has 38 heavy (non-hydrogen) atoms. The highest BCUT2D eigenvalue weighted by atomic mass is 32.2. The minimum Gasteiger partial charge on any atom is -0.495 e. The molecule has 3 aromatic carbocycles. The molecule has 0 bridgehead atoms. The number of nitrogens with zero attached hydrogens (tertiary/aromatic N) is 3. The lowest BCUT2D eigenvalue weighted by Gasteiger charge is -2.37. The molecule has 2 amide bonds. The molecule has 1 heterocycles. The van der Waals surface area contributed by atoms with E-state index in [1.807, 2.05) is 11.0 Å². The number of hydrogen-bond acceptors (Lipinski definition) is 7. The van der Waals surface area contributed by atoms with Crippen LogP contribution in [0.4, 0.5) is 21.5 Å². The fourth-order valence-corrected chi connectivity index (χ4v) is 5.29. The van der Waals surface area contributed by atoms with E-state index in [1.54, 1.807) is 41.3 Å². The van der Waals surface area contributed by atoms with Crippen LogP contribution in [0, 0.1) is 5.82 Å². The Morgan fingerprint density at radius 1 is 1.00 bits per heavy atom. The van der Waals surface area contributed by atoms with Gasteiger partial charge in [-0.15, -0.1) is 0 Å². The van der Waals surface area contributed by atoms with Crippen molar-refractivity contribution in [3.8, 4) is 5.75 Å². The number of anilines is 3. The Morgan fingerprint density at radius 2 is 1.68 bits per heavy atom. The maximum Gasteiger partial charge on any atom is 0.258 e. The number of nitrogens with two attached hydrogens (primary N) is 1. The van der Waals surface area contributed by atoms with Crippen LogP contribution in [0.5, 0.6) is 5.75 Å². The Bertz CT molecular complexity index is 1440. The zero-order valence-corrected chi connectivity index (χ0v) is 21.9. The van der Waals surface area contributed by atoms with Gasteiger partial charge < -0.3 is 20.3 Å². The molecule has 1 aliphatic heterocycles. The number of carbonyl (C=O) groups is 2. The summed E-state index contributed by atoms with van der Waals surface area (Å²) < 4.78 is 43.3. The summed E-state index contributed by atoms with van der Waals surface area (Å²) in [5.74, 6) is -0.832. The minimum absolute atomic E-state index is 0.0862. The molecule has 9 nitrogen and oxygen atoms in total. The Morgan fingerprint density at radius 3 is 2.29 bits per heavy atom. The number of halogens is 1. The predicted molar refractivity (Wildman–Crippen MR) is 144 cm³/mol. The van der Waals surface area contributed by atoms with Crippen molar-refractivity contribution in [1.29, 1.82) is 0 Å². The molecule has 1 fully saturated rings. The number of piperazine rings is 1. The minimum atomic E-state index is -3.65. The van der Waals surface area contributed by atoms with Crippen LogP contribution < -0.4 is 20.3 Å². The quantitative estimate of drug-likeness (QED) is 0.459. The maximum absolute atomic E-state index is 13.7. The summed E-state index contributed by atoms with van der Waals surface area (Å²) in [5.41, 5.74) is 7.58. The van der Waals surface area contributed by atoms with Crippen molar-refractivity contribution in [1.82, 2.24) is 4.90 Å². The molecule has 3 aromatic rings. The van der Waals surface area contributed by atoms with Crippen LogP contribution in [0.2, 0.25) is 0 Å². The van der Waals surface area contributed by atoms with Crippen LogP contribution in [0.1, 0.15) is 10.4 Å².